The topological polar surface area (TPSA) is 56.2 Å². The Bertz CT molecular complexity index is 822. The van der Waals surface area contributed by atoms with Gasteiger partial charge in [-0.2, -0.15) is 5.10 Å². The summed E-state index contributed by atoms with van der Waals surface area (Å²) < 4.78 is 1.52. The van der Waals surface area contributed by atoms with Crippen LogP contribution in [0, 0.1) is 6.92 Å². The summed E-state index contributed by atoms with van der Waals surface area (Å²) in [5.41, 5.74) is 9.59. The highest BCUT2D eigenvalue weighted by atomic mass is 35.5. The lowest BCUT2D eigenvalue weighted by Gasteiger charge is -2.04. The molecule has 0 radical (unpaired) electrons. The molecule has 0 atom stereocenters. The standard InChI is InChI=1S/C17H15ClN4/c1-12-11-22(17(19)21-12)20-10-15-8-7-14(9-16(15)18)13-5-3-2-4-6-13/h2-11H,1H3,(H2,19,21). The van der Waals surface area contributed by atoms with Crippen molar-refractivity contribution in [2.45, 2.75) is 6.92 Å². The Kier molecular flexibility index (Phi) is 3.94. The van der Waals surface area contributed by atoms with E-state index in [0.29, 0.717) is 11.0 Å². The molecule has 0 unspecified atom stereocenters. The number of rotatable bonds is 3. The number of nitrogen functional groups attached to an aromatic ring is 1. The average molecular weight is 311 g/mol. The first-order chi connectivity index (χ1) is 10.6. The third kappa shape index (κ3) is 3.02. The quantitative estimate of drug-likeness (QED) is 0.744. The fourth-order valence-electron chi connectivity index (χ4n) is 2.16. The maximum absolute atomic E-state index is 6.34. The Morgan fingerprint density at radius 1 is 1.14 bits per heavy atom. The zero-order valence-corrected chi connectivity index (χ0v) is 12.8. The Balaban J connectivity index is 1.88. The monoisotopic (exact) mass is 310 g/mol. The highest BCUT2D eigenvalue weighted by Gasteiger charge is 2.03. The van der Waals surface area contributed by atoms with Crippen molar-refractivity contribution in [3.05, 3.63) is 71.0 Å². The number of hydrogen-bond donors (Lipinski definition) is 1. The van der Waals surface area contributed by atoms with Gasteiger partial charge in [0.2, 0.25) is 5.95 Å². The number of benzene rings is 2. The van der Waals surface area contributed by atoms with Crippen molar-refractivity contribution < 1.29 is 0 Å². The zero-order valence-electron chi connectivity index (χ0n) is 12.1. The van der Waals surface area contributed by atoms with Crippen LogP contribution in [0.5, 0.6) is 0 Å². The molecule has 110 valence electrons. The van der Waals surface area contributed by atoms with E-state index in [2.05, 4.69) is 10.1 Å². The van der Waals surface area contributed by atoms with E-state index in [4.69, 9.17) is 17.3 Å². The van der Waals surface area contributed by atoms with Gasteiger partial charge in [0.25, 0.3) is 0 Å². The molecular weight excluding hydrogens is 296 g/mol. The van der Waals surface area contributed by atoms with Crippen LogP contribution in [-0.2, 0) is 0 Å². The number of aryl methyl sites for hydroxylation is 1. The van der Waals surface area contributed by atoms with Crippen LogP contribution in [0.4, 0.5) is 5.95 Å². The van der Waals surface area contributed by atoms with Crippen molar-refractivity contribution in [3.8, 4) is 11.1 Å². The summed E-state index contributed by atoms with van der Waals surface area (Å²) in [5.74, 6) is 0.353. The number of hydrogen-bond acceptors (Lipinski definition) is 3. The average Bonchev–Trinajstić information content (AvgIpc) is 2.85. The second-order valence-electron chi connectivity index (χ2n) is 4.93. The third-order valence-electron chi connectivity index (χ3n) is 3.26. The van der Waals surface area contributed by atoms with Crippen LogP contribution in [0.2, 0.25) is 5.02 Å². The van der Waals surface area contributed by atoms with Gasteiger partial charge in [0.05, 0.1) is 23.1 Å². The van der Waals surface area contributed by atoms with Crippen molar-refractivity contribution in [2.75, 3.05) is 5.73 Å². The molecule has 5 heteroatoms. The molecule has 0 spiro atoms. The normalized spacial score (nSPS) is 11.2. The Morgan fingerprint density at radius 2 is 1.91 bits per heavy atom. The van der Waals surface area contributed by atoms with E-state index in [0.717, 1.165) is 22.4 Å². The van der Waals surface area contributed by atoms with Crippen molar-refractivity contribution in [1.82, 2.24) is 9.66 Å². The number of halogens is 1. The summed E-state index contributed by atoms with van der Waals surface area (Å²) in [6.45, 7) is 1.87. The fraction of sp³-hybridized carbons (Fsp3) is 0.0588. The number of anilines is 1. The molecule has 0 aliphatic carbocycles. The van der Waals surface area contributed by atoms with Crippen molar-refractivity contribution in [1.29, 1.82) is 0 Å². The Labute approximate surface area is 133 Å². The van der Waals surface area contributed by atoms with Crippen molar-refractivity contribution >= 4 is 23.8 Å². The number of imidazole rings is 1. The molecule has 4 nitrogen and oxygen atoms in total. The molecule has 0 bridgehead atoms. The first kappa shape index (κ1) is 14.4. The second-order valence-corrected chi connectivity index (χ2v) is 5.34. The number of nitrogens with zero attached hydrogens (tertiary/aromatic N) is 3. The molecule has 0 aliphatic heterocycles. The predicted molar refractivity (Wildman–Crippen MR) is 91.3 cm³/mol. The van der Waals surface area contributed by atoms with Gasteiger partial charge < -0.3 is 5.73 Å². The van der Waals surface area contributed by atoms with Crippen molar-refractivity contribution in [3.63, 3.8) is 0 Å². The summed E-state index contributed by atoms with van der Waals surface area (Å²) in [4.78, 5) is 4.09. The first-order valence-corrected chi connectivity index (χ1v) is 7.22. The zero-order chi connectivity index (χ0) is 15.5. The van der Waals surface area contributed by atoms with Crippen LogP contribution in [0.15, 0.2) is 59.8 Å². The Morgan fingerprint density at radius 3 is 2.55 bits per heavy atom. The van der Waals surface area contributed by atoms with Gasteiger partial charge >= 0.3 is 0 Å². The van der Waals surface area contributed by atoms with Gasteiger partial charge in [-0.1, -0.05) is 54.1 Å². The van der Waals surface area contributed by atoms with Crippen LogP contribution < -0.4 is 5.73 Å². The molecular formula is C17H15ClN4. The predicted octanol–water partition coefficient (Wildman–Crippen LogP) is 3.98. The lowest BCUT2D eigenvalue weighted by Crippen LogP contribution is -1.97. The van der Waals surface area contributed by atoms with Gasteiger partial charge in [-0.3, -0.25) is 0 Å². The summed E-state index contributed by atoms with van der Waals surface area (Å²) in [6.07, 6.45) is 3.44. The van der Waals surface area contributed by atoms with E-state index in [-0.39, 0.29) is 0 Å². The molecule has 0 aliphatic rings. The van der Waals surface area contributed by atoms with Gasteiger partial charge in [0.1, 0.15) is 0 Å². The second kappa shape index (κ2) is 6.03. The van der Waals surface area contributed by atoms with Gasteiger partial charge in [0.15, 0.2) is 0 Å². The van der Waals surface area contributed by atoms with Crippen LogP contribution in [0.25, 0.3) is 11.1 Å². The van der Waals surface area contributed by atoms with E-state index in [1.54, 1.807) is 12.4 Å². The molecule has 3 aromatic rings. The van der Waals surface area contributed by atoms with E-state index >= 15 is 0 Å². The van der Waals surface area contributed by atoms with E-state index in [9.17, 15) is 0 Å². The fourth-order valence-corrected chi connectivity index (χ4v) is 2.39. The maximum atomic E-state index is 6.34. The lowest BCUT2D eigenvalue weighted by molar-refractivity contribution is 0.897. The van der Waals surface area contributed by atoms with Gasteiger partial charge in [-0.25, -0.2) is 9.66 Å². The SMILES string of the molecule is Cc1cn(N=Cc2ccc(-c3ccccc3)cc2Cl)c(N)n1. The first-order valence-electron chi connectivity index (χ1n) is 6.84. The smallest absolute Gasteiger partial charge is 0.221 e. The van der Waals surface area contributed by atoms with Crippen LogP contribution in [0.3, 0.4) is 0 Å². The molecule has 0 saturated carbocycles. The molecule has 0 amide bonds. The molecule has 0 saturated heterocycles. The molecule has 2 N–H and O–H groups in total. The Hall–Kier alpha value is -2.59. The maximum Gasteiger partial charge on any atom is 0.221 e. The van der Waals surface area contributed by atoms with E-state index < -0.39 is 0 Å². The van der Waals surface area contributed by atoms with Gasteiger partial charge in [-0.15, -0.1) is 0 Å². The summed E-state index contributed by atoms with van der Waals surface area (Å²) in [7, 11) is 0. The molecule has 2 aromatic carbocycles. The van der Waals surface area contributed by atoms with Crippen molar-refractivity contribution in [2.24, 2.45) is 5.10 Å². The van der Waals surface area contributed by atoms with Crippen LogP contribution in [-0.4, -0.2) is 15.9 Å². The number of aromatic nitrogens is 2. The molecule has 1 heterocycles. The summed E-state index contributed by atoms with van der Waals surface area (Å²) >= 11 is 6.34. The highest BCUT2D eigenvalue weighted by molar-refractivity contribution is 6.33. The van der Waals surface area contributed by atoms with E-state index in [1.807, 2.05) is 55.5 Å². The minimum Gasteiger partial charge on any atom is -0.368 e. The molecule has 1 aromatic heterocycles. The summed E-state index contributed by atoms with van der Waals surface area (Å²) in [5, 5.41) is 4.92. The number of nitrogens with two attached hydrogens (primary N) is 1. The minimum absolute atomic E-state index is 0.353. The lowest BCUT2D eigenvalue weighted by atomic mass is 10.0. The van der Waals surface area contributed by atoms with Crippen LogP contribution in [0.1, 0.15) is 11.3 Å². The molecule has 22 heavy (non-hydrogen) atoms. The largest absolute Gasteiger partial charge is 0.368 e. The summed E-state index contributed by atoms with van der Waals surface area (Å²) in [6, 6.07) is 16.0. The van der Waals surface area contributed by atoms with Gasteiger partial charge in [-0.05, 0) is 24.1 Å². The van der Waals surface area contributed by atoms with Gasteiger partial charge in [0, 0.05) is 5.56 Å². The molecule has 0 fully saturated rings. The van der Waals surface area contributed by atoms with Crippen LogP contribution >= 0.6 is 11.6 Å². The third-order valence-corrected chi connectivity index (χ3v) is 3.59. The minimum atomic E-state index is 0.353. The highest BCUT2D eigenvalue weighted by Crippen LogP contribution is 2.24. The molecule has 3 rings (SSSR count). The van der Waals surface area contributed by atoms with E-state index in [1.165, 1.54) is 4.68 Å².